The molecule has 43 valence electrons. The molecule has 0 fully saturated rings. The molecule has 0 N–H and O–H groups in total. The third kappa shape index (κ3) is 1.42. The molecule has 0 saturated carbocycles. The Morgan fingerprint density at radius 3 is 2.89 bits per heavy atom. The van der Waals surface area contributed by atoms with E-state index in [1.54, 1.807) is 6.07 Å². The Morgan fingerprint density at radius 2 is 2.44 bits per heavy atom. The van der Waals surface area contributed by atoms with Gasteiger partial charge in [-0.05, 0) is 28.7 Å². The lowest BCUT2D eigenvalue weighted by Gasteiger charge is -1.88. The molecular formula is C7H3IN. The Balaban J connectivity index is 3.20. The fraction of sp³-hybridized carbons (Fsp3) is 0. The second kappa shape index (κ2) is 2.83. The van der Waals surface area contributed by atoms with Gasteiger partial charge in [0.15, 0.2) is 0 Å². The number of rotatable bonds is 0. The average molecular weight is 228 g/mol. The van der Waals surface area contributed by atoms with Crippen molar-refractivity contribution in [3.63, 3.8) is 0 Å². The van der Waals surface area contributed by atoms with Gasteiger partial charge in [0, 0.05) is 9.64 Å². The first-order valence-corrected chi connectivity index (χ1v) is 3.49. The highest BCUT2D eigenvalue weighted by Crippen LogP contribution is 2.08. The van der Waals surface area contributed by atoms with Crippen LogP contribution in [0.5, 0.6) is 0 Å². The Hall–Kier alpha value is -0.560. The van der Waals surface area contributed by atoms with Gasteiger partial charge in [0.05, 0.1) is 5.56 Å². The quantitative estimate of drug-likeness (QED) is 0.622. The summed E-state index contributed by atoms with van der Waals surface area (Å²) in [5.41, 5.74) is 0.623. The molecule has 0 aliphatic rings. The summed E-state index contributed by atoms with van der Waals surface area (Å²) in [5.74, 6) is 0. The molecule has 0 aliphatic heterocycles. The van der Waals surface area contributed by atoms with E-state index in [0.29, 0.717) is 5.56 Å². The highest BCUT2D eigenvalue weighted by molar-refractivity contribution is 14.1. The van der Waals surface area contributed by atoms with Crippen molar-refractivity contribution in [2.45, 2.75) is 0 Å². The van der Waals surface area contributed by atoms with Crippen LogP contribution in [0.1, 0.15) is 5.56 Å². The van der Waals surface area contributed by atoms with Crippen molar-refractivity contribution < 1.29 is 0 Å². The zero-order chi connectivity index (χ0) is 6.69. The van der Waals surface area contributed by atoms with Crippen LogP contribution in [-0.4, -0.2) is 0 Å². The first-order valence-electron chi connectivity index (χ1n) is 2.41. The second-order valence-electron chi connectivity index (χ2n) is 1.50. The van der Waals surface area contributed by atoms with Gasteiger partial charge < -0.3 is 0 Å². The highest BCUT2D eigenvalue weighted by Gasteiger charge is 1.92. The predicted octanol–water partition coefficient (Wildman–Crippen LogP) is 1.96. The summed E-state index contributed by atoms with van der Waals surface area (Å²) in [7, 11) is 0. The predicted molar refractivity (Wildman–Crippen MR) is 42.7 cm³/mol. The van der Waals surface area contributed by atoms with Gasteiger partial charge in [-0.2, -0.15) is 5.26 Å². The van der Waals surface area contributed by atoms with Gasteiger partial charge in [-0.15, -0.1) is 0 Å². The van der Waals surface area contributed by atoms with Gasteiger partial charge in [-0.3, -0.25) is 0 Å². The molecule has 0 heterocycles. The van der Waals surface area contributed by atoms with Crippen LogP contribution in [0.2, 0.25) is 0 Å². The Labute approximate surface area is 67.5 Å². The molecule has 2 heteroatoms. The van der Waals surface area contributed by atoms with Crippen LogP contribution < -0.4 is 0 Å². The Bertz CT molecular complexity index is 249. The zero-order valence-corrected chi connectivity index (χ0v) is 6.71. The molecule has 1 aromatic rings. The summed E-state index contributed by atoms with van der Waals surface area (Å²) in [4.78, 5) is 0. The molecule has 0 bridgehead atoms. The Morgan fingerprint density at radius 1 is 1.67 bits per heavy atom. The Kier molecular flexibility index (Phi) is 2.06. The summed E-state index contributed by atoms with van der Waals surface area (Å²) in [6.45, 7) is 0. The van der Waals surface area contributed by atoms with Crippen molar-refractivity contribution in [1.82, 2.24) is 0 Å². The fourth-order valence-electron chi connectivity index (χ4n) is 0.502. The topological polar surface area (TPSA) is 23.8 Å². The van der Waals surface area contributed by atoms with Crippen LogP contribution in [0.15, 0.2) is 18.2 Å². The van der Waals surface area contributed by atoms with E-state index in [9.17, 15) is 0 Å². The van der Waals surface area contributed by atoms with Crippen molar-refractivity contribution in [2.24, 2.45) is 0 Å². The standard InChI is InChI=1S/C7H3IN/c8-7-4-2-1-3-6(7)5-9/h1-2,4H. The summed E-state index contributed by atoms with van der Waals surface area (Å²) in [6, 6.07) is 10.3. The van der Waals surface area contributed by atoms with E-state index in [0.717, 1.165) is 3.57 Å². The first kappa shape index (κ1) is 6.56. The number of hydrogen-bond donors (Lipinski definition) is 0. The average Bonchev–Trinajstić information content (AvgIpc) is 1.89. The molecule has 1 rings (SSSR count). The van der Waals surface area contributed by atoms with E-state index >= 15 is 0 Å². The van der Waals surface area contributed by atoms with Crippen LogP contribution in [0.4, 0.5) is 0 Å². The maximum Gasteiger partial charge on any atom is 0.101 e. The third-order valence-electron chi connectivity index (χ3n) is 0.917. The van der Waals surface area contributed by atoms with E-state index in [-0.39, 0.29) is 0 Å². The molecule has 0 aliphatic carbocycles. The molecule has 0 atom stereocenters. The van der Waals surface area contributed by atoms with Gasteiger partial charge >= 0.3 is 0 Å². The molecular weight excluding hydrogens is 225 g/mol. The summed E-state index contributed by atoms with van der Waals surface area (Å²) in [5, 5.41) is 8.43. The molecule has 0 saturated heterocycles. The van der Waals surface area contributed by atoms with Crippen LogP contribution in [0.3, 0.4) is 0 Å². The van der Waals surface area contributed by atoms with Crippen LogP contribution in [0.25, 0.3) is 0 Å². The zero-order valence-electron chi connectivity index (χ0n) is 4.56. The number of benzene rings is 1. The molecule has 0 unspecified atom stereocenters. The lowest BCUT2D eigenvalue weighted by atomic mass is 10.2. The number of hydrogen-bond acceptors (Lipinski definition) is 1. The lowest BCUT2D eigenvalue weighted by molar-refractivity contribution is 1.46. The van der Waals surface area contributed by atoms with E-state index < -0.39 is 0 Å². The monoisotopic (exact) mass is 228 g/mol. The SMILES string of the molecule is N#Cc1[c]cccc1I. The largest absolute Gasteiger partial charge is 0.192 e. The van der Waals surface area contributed by atoms with Gasteiger partial charge in [0.25, 0.3) is 0 Å². The molecule has 1 aromatic carbocycles. The number of nitriles is 1. The number of nitrogens with zero attached hydrogens (tertiary/aromatic N) is 1. The highest BCUT2D eigenvalue weighted by atomic mass is 127. The maximum atomic E-state index is 8.43. The van der Waals surface area contributed by atoms with Gasteiger partial charge in [-0.25, -0.2) is 0 Å². The molecule has 0 amide bonds. The van der Waals surface area contributed by atoms with Gasteiger partial charge in [0.1, 0.15) is 6.07 Å². The van der Waals surface area contributed by atoms with Crippen molar-refractivity contribution in [3.8, 4) is 6.07 Å². The van der Waals surface area contributed by atoms with E-state index in [1.165, 1.54) is 0 Å². The fourth-order valence-corrected chi connectivity index (χ4v) is 0.986. The summed E-state index contributed by atoms with van der Waals surface area (Å²) in [6.07, 6.45) is 0. The van der Waals surface area contributed by atoms with Gasteiger partial charge in [0.2, 0.25) is 0 Å². The van der Waals surface area contributed by atoms with Crippen LogP contribution in [-0.2, 0) is 0 Å². The minimum absolute atomic E-state index is 0.623. The normalized spacial score (nSPS) is 8.44. The minimum Gasteiger partial charge on any atom is -0.192 e. The summed E-state index contributed by atoms with van der Waals surface area (Å²) < 4.78 is 0.956. The van der Waals surface area contributed by atoms with Crippen molar-refractivity contribution in [3.05, 3.63) is 33.4 Å². The van der Waals surface area contributed by atoms with Crippen LogP contribution >= 0.6 is 22.6 Å². The smallest absolute Gasteiger partial charge is 0.101 e. The lowest BCUT2D eigenvalue weighted by Crippen LogP contribution is -1.77. The van der Waals surface area contributed by atoms with Gasteiger partial charge in [-0.1, -0.05) is 12.1 Å². The van der Waals surface area contributed by atoms with E-state index in [4.69, 9.17) is 5.26 Å². The summed E-state index contributed by atoms with van der Waals surface area (Å²) >= 11 is 2.11. The number of halogens is 1. The molecule has 1 nitrogen and oxygen atoms in total. The second-order valence-corrected chi connectivity index (χ2v) is 2.67. The van der Waals surface area contributed by atoms with Crippen molar-refractivity contribution in [2.75, 3.05) is 0 Å². The van der Waals surface area contributed by atoms with Crippen molar-refractivity contribution in [1.29, 1.82) is 5.26 Å². The molecule has 0 aromatic heterocycles. The molecule has 1 radical (unpaired) electrons. The molecule has 9 heavy (non-hydrogen) atoms. The molecule has 0 spiro atoms. The van der Waals surface area contributed by atoms with E-state index in [1.807, 2.05) is 18.2 Å². The van der Waals surface area contributed by atoms with E-state index in [2.05, 4.69) is 28.7 Å². The minimum atomic E-state index is 0.623. The first-order chi connectivity index (χ1) is 4.34. The third-order valence-corrected chi connectivity index (χ3v) is 1.82. The maximum absolute atomic E-state index is 8.43. The van der Waals surface area contributed by atoms with Crippen LogP contribution in [0, 0.1) is 21.0 Å². The van der Waals surface area contributed by atoms with Crippen molar-refractivity contribution >= 4 is 22.6 Å².